The molecule has 2 aromatic carbocycles. The Morgan fingerprint density at radius 1 is 1.00 bits per heavy atom. The van der Waals surface area contributed by atoms with Gasteiger partial charge in [0.2, 0.25) is 5.91 Å². The molecule has 0 spiro atoms. The first-order valence-corrected chi connectivity index (χ1v) is 9.67. The predicted octanol–water partition coefficient (Wildman–Crippen LogP) is 3.05. The molecule has 0 unspecified atom stereocenters. The fourth-order valence-corrected chi connectivity index (χ4v) is 3.33. The molecule has 3 rings (SSSR count). The number of carbonyl (C=O) groups excluding carboxylic acids is 2. The average molecular weight is 381 g/mol. The molecule has 6 heteroatoms. The van der Waals surface area contributed by atoms with E-state index in [1.807, 2.05) is 25.1 Å². The van der Waals surface area contributed by atoms with Crippen molar-refractivity contribution in [1.82, 2.24) is 4.90 Å². The van der Waals surface area contributed by atoms with Crippen LogP contribution in [0.2, 0.25) is 0 Å². The second-order valence-electron chi connectivity index (χ2n) is 6.85. The van der Waals surface area contributed by atoms with E-state index in [1.54, 1.807) is 24.3 Å². The summed E-state index contributed by atoms with van der Waals surface area (Å²) in [6, 6.07) is 15.1. The standard InChI is InChI=1S/C22H27N3O3/c1-3-28-21-7-5-4-6-20(21)25-14-12-24(13-15-25)16-22(27)23-19-10-8-18(9-11-19)17(2)26/h4-11H,3,12-16H2,1-2H3,(H,23,27). The molecule has 0 atom stereocenters. The molecule has 2 aromatic rings. The second kappa shape index (κ2) is 9.37. The number of para-hydroxylation sites is 2. The molecule has 6 nitrogen and oxygen atoms in total. The van der Waals surface area contributed by atoms with E-state index >= 15 is 0 Å². The van der Waals surface area contributed by atoms with E-state index in [4.69, 9.17) is 4.74 Å². The number of Topliss-reactive ketones (excluding diaryl/α,β-unsaturated/α-hetero) is 1. The van der Waals surface area contributed by atoms with Gasteiger partial charge in [0.15, 0.2) is 5.78 Å². The minimum absolute atomic E-state index is 0.0154. The zero-order valence-corrected chi connectivity index (χ0v) is 16.5. The van der Waals surface area contributed by atoms with Crippen LogP contribution in [0.5, 0.6) is 5.75 Å². The van der Waals surface area contributed by atoms with Gasteiger partial charge in [-0.1, -0.05) is 12.1 Å². The summed E-state index contributed by atoms with van der Waals surface area (Å²) in [7, 11) is 0. The molecule has 0 aliphatic carbocycles. The molecule has 0 saturated carbocycles. The number of nitrogens with zero attached hydrogens (tertiary/aromatic N) is 2. The number of rotatable bonds is 7. The highest BCUT2D eigenvalue weighted by Gasteiger charge is 2.21. The van der Waals surface area contributed by atoms with Gasteiger partial charge in [-0.15, -0.1) is 0 Å². The van der Waals surface area contributed by atoms with Crippen LogP contribution in [0.4, 0.5) is 11.4 Å². The van der Waals surface area contributed by atoms with Crippen LogP contribution in [0.25, 0.3) is 0 Å². The number of ether oxygens (including phenoxy) is 1. The van der Waals surface area contributed by atoms with Crippen LogP contribution in [-0.4, -0.2) is 55.9 Å². The van der Waals surface area contributed by atoms with Crippen LogP contribution in [-0.2, 0) is 4.79 Å². The summed E-state index contributed by atoms with van der Waals surface area (Å²) in [6.07, 6.45) is 0. The fourth-order valence-electron chi connectivity index (χ4n) is 3.33. The topological polar surface area (TPSA) is 61.9 Å². The van der Waals surface area contributed by atoms with E-state index in [0.29, 0.717) is 24.4 Å². The number of carbonyl (C=O) groups is 2. The van der Waals surface area contributed by atoms with Gasteiger partial charge in [0, 0.05) is 37.4 Å². The molecule has 28 heavy (non-hydrogen) atoms. The van der Waals surface area contributed by atoms with Gasteiger partial charge in [-0.2, -0.15) is 0 Å². The fraction of sp³-hybridized carbons (Fsp3) is 0.364. The molecule has 1 saturated heterocycles. The molecule has 1 N–H and O–H groups in total. The predicted molar refractivity (Wildman–Crippen MR) is 111 cm³/mol. The van der Waals surface area contributed by atoms with Gasteiger partial charge in [0.05, 0.1) is 18.8 Å². The van der Waals surface area contributed by atoms with E-state index in [9.17, 15) is 9.59 Å². The van der Waals surface area contributed by atoms with Crippen molar-refractivity contribution in [3.05, 3.63) is 54.1 Å². The van der Waals surface area contributed by atoms with Crippen LogP contribution in [0.3, 0.4) is 0 Å². The normalized spacial score (nSPS) is 14.6. The zero-order chi connectivity index (χ0) is 19.9. The molecule has 148 valence electrons. The largest absolute Gasteiger partial charge is 0.492 e. The van der Waals surface area contributed by atoms with Crippen LogP contribution in [0.15, 0.2) is 48.5 Å². The lowest BCUT2D eigenvalue weighted by atomic mass is 10.1. The lowest BCUT2D eigenvalue weighted by Gasteiger charge is -2.36. The molecular formula is C22H27N3O3. The Morgan fingerprint density at radius 3 is 2.32 bits per heavy atom. The maximum absolute atomic E-state index is 12.3. The first kappa shape index (κ1) is 19.9. The number of nitrogens with one attached hydrogen (secondary N) is 1. The van der Waals surface area contributed by atoms with E-state index < -0.39 is 0 Å². The van der Waals surface area contributed by atoms with Crippen LogP contribution in [0, 0.1) is 0 Å². The number of amides is 1. The van der Waals surface area contributed by atoms with Gasteiger partial charge in [-0.25, -0.2) is 0 Å². The Kier molecular flexibility index (Phi) is 6.66. The Morgan fingerprint density at radius 2 is 1.68 bits per heavy atom. The summed E-state index contributed by atoms with van der Waals surface area (Å²) in [5.41, 5.74) is 2.46. The Hall–Kier alpha value is -2.86. The first-order chi connectivity index (χ1) is 13.6. The second-order valence-corrected chi connectivity index (χ2v) is 6.85. The van der Waals surface area contributed by atoms with E-state index in [2.05, 4.69) is 21.2 Å². The monoisotopic (exact) mass is 381 g/mol. The van der Waals surface area contributed by atoms with Gasteiger partial charge in [-0.3, -0.25) is 14.5 Å². The number of benzene rings is 2. The Balaban J connectivity index is 1.50. The number of piperazine rings is 1. The summed E-state index contributed by atoms with van der Waals surface area (Å²) in [5.74, 6) is 0.880. The first-order valence-electron chi connectivity index (χ1n) is 9.67. The van der Waals surface area contributed by atoms with Crippen molar-refractivity contribution < 1.29 is 14.3 Å². The minimum Gasteiger partial charge on any atom is -0.492 e. The lowest BCUT2D eigenvalue weighted by Crippen LogP contribution is -2.48. The van der Waals surface area contributed by atoms with Crippen LogP contribution >= 0.6 is 0 Å². The van der Waals surface area contributed by atoms with Crippen molar-refractivity contribution in [2.75, 3.05) is 49.5 Å². The van der Waals surface area contributed by atoms with E-state index in [0.717, 1.165) is 37.6 Å². The van der Waals surface area contributed by atoms with Crippen molar-refractivity contribution >= 4 is 23.1 Å². The molecule has 1 aliphatic rings. The molecular weight excluding hydrogens is 354 g/mol. The van der Waals surface area contributed by atoms with Crippen molar-refractivity contribution in [1.29, 1.82) is 0 Å². The highest BCUT2D eigenvalue weighted by atomic mass is 16.5. The number of ketones is 1. The zero-order valence-electron chi connectivity index (χ0n) is 16.5. The van der Waals surface area contributed by atoms with Crippen molar-refractivity contribution in [2.24, 2.45) is 0 Å². The molecule has 0 radical (unpaired) electrons. The Bertz CT molecular complexity index is 812. The summed E-state index contributed by atoms with van der Waals surface area (Å²) < 4.78 is 5.73. The molecule has 1 heterocycles. The molecule has 1 aliphatic heterocycles. The molecule has 0 aromatic heterocycles. The summed E-state index contributed by atoms with van der Waals surface area (Å²) >= 11 is 0. The van der Waals surface area contributed by atoms with Crippen LogP contribution < -0.4 is 15.0 Å². The van der Waals surface area contributed by atoms with E-state index in [1.165, 1.54) is 6.92 Å². The van der Waals surface area contributed by atoms with Crippen molar-refractivity contribution in [2.45, 2.75) is 13.8 Å². The summed E-state index contributed by atoms with van der Waals surface area (Å²) in [6.45, 7) is 7.85. The van der Waals surface area contributed by atoms with Crippen LogP contribution in [0.1, 0.15) is 24.2 Å². The van der Waals surface area contributed by atoms with E-state index in [-0.39, 0.29) is 11.7 Å². The molecule has 0 bridgehead atoms. The van der Waals surface area contributed by atoms with Gasteiger partial charge in [-0.05, 0) is 50.2 Å². The van der Waals surface area contributed by atoms with Crippen molar-refractivity contribution in [3.63, 3.8) is 0 Å². The van der Waals surface area contributed by atoms with Gasteiger partial charge < -0.3 is 15.0 Å². The summed E-state index contributed by atoms with van der Waals surface area (Å²) in [5, 5.41) is 2.90. The number of hydrogen-bond donors (Lipinski definition) is 1. The summed E-state index contributed by atoms with van der Waals surface area (Å²) in [4.78, 5) is 28.1. The highest BCUT2D eigenvalue weighted by molar-refractivity contribution is 5.96. The SMILES string of the molecule is CCOc1ccccc1N1CCN(CC(=O)Nc2ccc(C(C)=O)cc2)CC1. The smallest absolute Gasteiger partial charge is 0.238 e. The molecule has 1 fully saturated rings. The third-order valence-electron chi connectivity index (χ3n) is 4.82. The lowest BCUT2D eigenvalue weighted by molar-refractivity contribution is -0.117. The highest BCUT2D eigenvalue weighted by Crippen LogP contribution is 2.28. The van der Waals surface area contributed by atoms with Crippen molar-refractivity contribution in [3.8, 4) is 5.75 Å². The van der Waals surface area contributed by atoms with Gasteiger partial charge in [0.1, 0.15) is 5.75 Å². The molecule has 1 amide bonds. The third-order valence-corrected chi connectivity index (χ3v) is 4.82. The number of hydrogen-bond acceptors (Lipinski definition) is 5. The Labute approximate surface area is 166 Å². The maximum Gasteiger partial charge on any atom is 0.238 e. The van der Waals surface area contributed by atoms with Gasteiger partial charge in [0.25, 0.3) is 0 Å². The maximum atomic E-state index is 12.3. The third kappa shape index (κ3) is 5.10. The quantitative estimate of drug-likeness (QED) is 0.747. The van der Waals surface area contributed by atoms with Gasteiger partial charge >= 0.3 is 0 Å². The minimum atomic E-state index is -0.0428. The average Bonchev–Trinajstić information content (AvgIpc) is 2.70. The number of anilines is 2.